The molecule has 0 aliphatic heterocycles. The Morgan fingerprint density at radius 2 is 2.50 bits per heavy atom. The second kappa shape index (κ2) is 5.66. The number of ether oxygens (including phenoxy) is 1. The van der Waals surface area contributed by atoms with Gasteiger partial charge in [0.15, 0.2) is 0 Å². The summed E-state index contributed by atoms with van der Waals surface area (Å²) >= 11 is 3.89. The molecular weight excluding hydrogens is 116 g/mol. The van der Waals surface area contributed by atoms with E-state index in [1.807, 2.05) is 0 Å². The zero-order valence-corrected chi connectivity index (χ0v) is 5.39. The maximum Gasteiger partial charge on any atom is 0.0561 e. The van der Waals surface area contributed by atoms with Gasteiger partial charge in [-0.05, 0) is 0 Å². The number of thiol groups is 1. The summed E-state index contributed by atoms with van der Waals surface area (Å²) in [6.45, 7) is 0.800. The lowest BCUT2D eigenvalue weighted by atomic mass is 10.9. The Hall–Kier alpha value is 0.660. The summed E-state index contributed by atoms with van der Waals surface area (Å²) in [7, 11) is 3.18. The van der Waals surface area contributed by atoms with E-state index in [9.17, 15) is 0 Å². The van der Waals surface area contributed by atoms with Gasteiger partial charge in [0.2, 0.25) is 0 Å². The van der Waals surface area contributed by atoms with Crippen molar-refractivity contribution in [3.8, 4) is 0 Å². The van der Waals surface area contributed by atoms with E-state index in [-0.39, 0.29) is 0 Å². The first kappa shape index (κ1) is 6.66. The Balaban J connectivity index is 2.34. The second-order valence-corrected chi connectivity index (χ2v) is 2.27. The molecule has 0 aliphatic rings. The predicted octanol–water partition coefficient (Wildman–Crippen LogP) is 1.21. The van der Waals surface area contributed by atoms with Crippen LogP contribution in [0.15, 0.2) is 0 Å². The molecule has 0 atom stereocenters. The maximum atomic E-state index is 4.71. The fourth-order valence-electron chi connectivity index (χ4n) is 0.121. The average Bonchev–Trinajstić information content (AvgIpc) is 1.61. The molecule has 0 spiro atoms. The lowest BCUT2D eigenvalue weighted by Crippen LogP contribution is -1.87. The third-order valence-electron chi connectivity index (χ3n) is 0.379. The minimum atomic E-state index is 0.800. The molecule has 0 aromatic carbocycles. The van der Waals surface area contributed by atoms with Crippen LogP contribution in [-0.2, 0) is 4.74 Å². The van der Waals surface area contributed by atoms with Crippen LogP contribution in [0.25, 0.3) is 0 Å². The van der Waals surface area contributed by atoms with Gasteiger partial charge in [-0.15, -0.1) is 11.7 Å². The number of rotatable bonds is 3. The van der Waals surface area contributed by atoms with Crippen LogP contribution in [0.1, 0.15) is 0 Å². The van der Waals surface area contributed by atoms with Gasteiger partial charge in [0.25, 0.3) is 0 Å². The zero-order chi connectivity index (χ0) is 4.83. The van der Waals surface area contributed by atoms with Crippen molar-refractivity contribution >= 4 is 22.5 Å². The fourth-order valence-corrected chi connectivity index (χ4v) is 0.585. The van der Waals surface area contributed by atoms with E-state index in [0.29, 0.717) is 0 Å². The van der Waals surface area contributed by atoms with Crippen molar-refractivity contribution in [2.24, 2.45) is 0 Å². The number of methoxy groups -OCH3 is 1. The van der Waals surface area contributed by atoms with Gasteiger partial charge in [-0.1, -0.05) is 10.8 Å². The average molecular weight is 124 g/mol. The molecule has 0 saturated carbocycles. The van der Waals surface area contributed by atoms with E-state index in [4.69, 9.17) is 4.74 Å². The van der Waals surface area contributed by atoms with Crippen LogP contribution >= 0.6 is 22.5 Å². The fraction of sp³-hybridized carbons (Fsp3) is 1.00. The van der Waals surface area contributed by atoms with Crippen molar-refractivity contribution in [2.75, 3.05) is 19.5 Å². The Kier molecular flexibility index (Phi) is 6.28. The molecule has 0 bridgehead atoms. The summed E-state index contributed by atoms with van der Waals surface area (Å²) in [5.74, 6) is 0.972. The highest BCUT2D eigenvalue weighted by Gasteiger charge is 1.75. The molecule has 0 fully saturated rings. The summed E-state index contributed by atoms with van der Waals surface area (Å²) in [5.41, 5.74) is 0. The third kappa shape index (κ3) is 4.66. The van der Waals surface area contributed by atoms with Crippen LogP contribution in [0, 0.1) is 0 Å². The van der Waals surface area contributed by atoms with E-state index in [0.717, 1.165) is 12.4 Å². The first-order valence-corrected chi connectivity index (χ1v) is 3.71. The standard InChI is InChI=1S/C3H8OS2/c1-4-2-3-6-5/h5H,2-3H2,1H3. The molecule has 0 N–H and O–H groups in total. The topological polar surface area (TPSA) is 9.23 Å². The van der Waals surface area contributed by atoms with Crippen LogP contribution in [0.2, 0.25) is 0 Å². The van der Waals surface area contributed by atoms with Gasteiger partial charge in [-0.3, -0.25) is 0 Å². The summed E-state index contributed by atoms with van der Waals surface area (Å²) in [6.07, 6.45) is 0. The summed E-state index contributed by atoms with van der Waals surface area (Å²) in [5, 5.41) is 0. The van der Waals surface area contributed by atoms with Gasteiger partial charge in [0.1, 0.15) is 0 Å². The zero-order valence-electron chi connectivity index (χ0n) is 3.68. The predicted molar refractivity (Wildman–Crippen MR) is 33.3 cm³/mol. The van der Waals surface area contributed by atoms with Crippen molar-refractivity contribution in [2.45, 2.75) is 0 Å². The highest BCUT2D eigenvalue weighted by Crippen LogP contribution is 2.01. The van der Waals surface area contributed by atoms with Crippen LogP contribution in [0.5, 0.6) is 0 Å². The van der Waals surface area contributed by atoms with E-state index >= 15 is 0 Å². The molecule has 0 aromatic rings. The van der Waals surface area contributed by atoms with E-state index in [1.165, 1.54) is 10.8 Å². The molecule has 3 heteroatoms. The Labute approximate surface area is 47.3 Å². The molecule has 0 saturated heterocycles. The maximum absolute atomic E-state index is 4.71. The largest absolute Gasteiger partial charge is 0.384 e. The molecule has 0 aliphatic carbocycles. The summed E-state index contributed by atoms with van der Waals surface area (Å²) < 4.78 is 4.71. The molecule has 1 nitrogen and oxygen atoms in total. The van der Waals surface area contributed by atoms with Crippen LogP contribution < -0.4 is 0 Å². The van der Waals surface area contributed by atoms with Crippen molar-refractivity contribution in [1.82, 2.24) is 0 Å². The van der Waals surface area contributed by atoms with Gasteiger partial charge < -0.3 is 4.74 Å². The minimum Gasteiger partial charge on any atom is -0.384 e. The highest BCUT2D eigenvalue weighted by molar-refractivity contribution is 8.68. The van der Waals surface area contributed by atoms with E-state index < -0.39 is 0 Å². The molecule has 38 valence electrons. The summed E-state index contributed by atoms with van der Waals surface area (Å²) in [6, 6.07) is 0. The molecule has 0 heterocycles. The van der Waals surface area contributed by atoms with Crippen LogP contribution in [0.4, 0.5) is 0 Å². The van der Waals surface area contributed by atoms with Gasteiger partial charge in [-0.2, -0.15) is 0 Å². The van der Waals surface area contributed by atoms with Gasteiger partial charge in [0, 0.05) is 12.9 Å². The Bertz CT molecular complexity index is 20.8. The van der Waals surface area contributed by atoms with Crippen molar-refractivity contribution in [1.29, 1.82) is 0 Å². The first-order valence-electron chi connectivity index (χ1n) is 1.67. The normalized spacial score (nSPS) is 9.00. The second-order valence-electron chi connectivity index (χ2n) is 0.826. The van der Waals surface area contributed by atoms with Crippen molar-refractivity contribution in [3.05, 3.63) is 0 Å². The number of hydrogen-bond acceptors (Lipinski definition) is 3. The molecule has 0 amide bonds. The Morgan fingerprint density at radius 1 is 1.83 bits per heavy atom. The summed E-state index contributed by atoms with van der Waals surface area (Å²) in [4.78, 5) is 0. The third-order valence-corrected chi connectivity index (χ3v) is 1.28. The monoisotopic (exact) mass is 124 g/mol. The molecule has 0 rings (SSSR count). The van der Waals surface area contributed by atoms with Crippen LogP contribution in [-0.4, -0.2) is 19.5 Å². The molecule has 0 unspecified atom stereocenters. The minimum absolute atomic E-state index is 0.800. The van der Waals surface area contributed by atoms with Crippen molar-refractivity contribution in [3.63, 3.8) is 0 Å². The van der Waals surface area contributed by atoms with Gasteiger partial charge in [0.05, 0.1) is 6.61 Å². The Morgan fingerprint density at radius 3 is 2.67 bits per heavy atom. The number of hydrogen-bond donors (Lipinski definition) is 1. The van der Waals surface area contributed by atoms with Crippen LogP contribution in [0.3, 0.4) is 0 Å². The lowest BCUT2D eigenvalue weighted by Gasteiger charge is -1.88. The molecule has 6 heavy (non-hydrogen) atoms. The smallest absolute Gasteiger partial charge is 0.0561 e. The van der Waals surface area contributed by atoms with Gasteiger partial charge >= 0.3 is 0 Å². The van der Waals surface area contributed by atoms with E-state index in [1.54, 1.807) is 7.11 Å². The molecule has 0 aromatic heterocycles. The highest BCUT2D eigenvalue weighted by atomic mass is 33.1. The quantitative estimate of drug-likeness (QED) is 0.344. The van der Waals surface area contributed by atoms with Gasteiger partial charge in [-0.25, -0.2) is 0 Å². The van der Waals surface area contributed by atoms with E-state index in [2.05, 4.69) is 11.7 Å². The van der Waals surface area contributed by atoms with Crippen molar-refractivity contribution < 1.29 is 4.74 Å². The lowest BCUT2D eigenvalue weighted by molar-refractivity contribution is 0.219. The molecule has 0 radical (unpaired) electrons. The first-order chi connectivity index (χ1) is 2.91. The molecular formula is C3H8OS2. The SMILES string of the molecule is COCCSS.